The van der Waals surface area contributed by atoms with Crippen molar-refractivity contribution in [3.8, 4) is 0 Å². The number of nitro groups is 1. The molecule has 1 N–H and O–H groups in total. The zero-order chi connectivity index (χ0) is 13.8. The van der Waals surface area contributed by atoms with Crippen LogP contribution in [-0.2, 0) is 0 Å². The maximum absolute atomic E-state index is 11.0. The van der Waals surface area contributed by atoms with E-state index in [9.17, 15) is 10.1 Å². The number of pyridine rings is 1. The maximum atomic E-state index is 11.0. The molecule has 0 saturated carbocycles. The van der Waals surface area contributed by atoms with Gasteiger partial charge in [-0.15, -0.1) is 0 Å². The summed E-state index contributed by atoms with van der Waals surface area (Å²) in [7, 11) is 0. The normalized spacial score (nSPS) is 10.5. The van der Waals surface area contributed by atoms with Crippen molar-refractivity contribution >= 4 is 17.2 Å². The van der Waals surface area contributed by atoms with Gasteiger partial charge in [0.25, 0.3) is 0 Å². The van der Waals surface area contributed by atoms with Gasteiger partial charge in [-0.1, -0.05) is 32.0 Å². The van der Waals surface area contributed by atoms with Gasteiger partial charge in [0.1, 0.15) is 0 Å². The number of nitrogens with zero attached hydrogens (tertiary/aromatic N) is 2. The highest BCUT2D eigenvalue weighted by Gasteiger charge is 2.15. The van der Waals surface area contributed by atoms with Crippen molar-refractivity contribution < 1.29 is 4.92 Å². The molecule has 1 heterocycles. The Kier molecular flexibility index (Phi) is 3.75. The lowest BCUT2D eigenvalue weighted by atomic mass is 10.0. The van der Waals surface area contributed by atoms with Gasteiger partial charge < -0.3 is 5.32 Å². The highest BCUT2D eigenvalue weighted by atomic mass is 16.6. The molecule has 5 heteroatoms. The van der Waals surface area contributed by atoms with E-state index in [4.69, 9.17) is 0 Å². The highest BCUT2D eigenvalue weighted by molar-refractivity contribution is 5.67. The minimum Gasteiger partial charge on any atom is -0.334 e. The Morgan fingerprint density at radius 3 is 2.63 bits per heavy atom. The van der Waals surface area contributed by atoms with Gasteiger partial charge in [-0.25, -0.2) is 4.98 Å². The van der Waals surface area contributed by atoms with E-state index in [0.29, 0.717) is 5.92 Å². The first kappa shape index (κ1) is 13.0. The molecule has 1 aromatic carbocycles. The Morgan fingerprint density at radius 1 is 1.21 bits per heavy atom. The molecule has 0 aliphatic heterocycles. The van der Waals surface area contributed by atoms with E-state index < -0.39 is 4.92 Å². The Morgan fingerprint density at radius 2 is 1.95 bits per heavy atom. The average Bonchev–Trinajstić information content (AvgIpc) is 2.39. The lowest BCUT2D eigenvalue weighted by Crippen LogP contribution is -2.02. The van der Waals surface area contributed by atoms with Crippen molar-refractivity contribution in [1.82, 2.24) is 4.98 Å². The third-order valence-corrected chi connectivity index (χ3v) is 2.82. The fraction of sp³-hybridized carbons (Fsp3) is 0.214. The van der Waals surface area contributed by atoms with Crippen LogP contribution in [-0.4, -0.2) is 9.91 Å². The van der Waals surface area contributed by atoms with Crippen LogP contribution in [0.2, 0.25) is 0 Å². The van der Waals surface area contributed by atoms with Crippen molar-refractivity contribution in [3.63, 3.8) is 0 Å². The minimum absolute atomic E-state index is 0.0268. The largest absolute Gasteiger partial charge is 0.334 e. The van der Waals surface area contributed by atoms with E-state index in [0.717, 1.165) is 11.3 Å². The van der Waals surface area contributed by atoms with E-state index in [2.05, 4.69) is 24.1 Å². The number of nitrogens with one attached hydrogen (secondary N) is 1. The SMILES string of the molecule is CC(C)c1ccccc1Nc1ncccc1[N+](=O)[O-]. The molecule has 0 spiro atoms. The van der Waals surface area contributed by atoms with Crippen molar-refractivity contribution in [3.05, 3.63) is 58.3 Å². The summed E-state index contributed by atoms with van der Waals surface area (Å²) in [6, 6.07) is 10.7. The molecule has 0 saturated heterocycles. The summed E-state index contributed by atoms with van der Waals surface area (Å²) in [5.74, 6) is 0.590. The molecule has 0 fully saturated rings. The molecular formula is C14H15N3O2. The number of rotatable bonds is 4. The van der Waals surface area contributed by atoms with Crippen LogP contribution in [0.3, 0.4) is 0 Å². The number of aromatic nitrogens is 1. The fourth-order valence-electron chi connectivity index (χ4n) is 1.88. The molecule has 0 aliphatic carbocycles. The standard InChI is InChI=1S/C14H15N3O2/c1-10(2)11-6-3-4-7-12(11)16-14-13(17(18)19)8-5-9-15-14/h3-10H,1-2H3,(H,15,16). The number of hydrogen-bond donors (Lipinski definition) is 1. The molecule has 0 radical (unpaired) electrons. The molecule has 19 heavy (non-hydrogen) atoms. The van der Waals surface area contributed by atoms with E-state index in [1.807, 2.05) is 24.3 Å². The second-order valence-electron chi connectivity index (χ2n) is 4.50. The van der Waals surface area contributed by atoms with Gasteiger partial charge in [0, 0.05) is 18.0 Å². The summed E-state index contributed by atoms with van der Waals surface area (Å²) in [6.07, 6.45) is 1.54. The first-order valence-electron chi connectivity index (χ1n) is 6.05. The van der Waals surface area contributed by atoms with Crippen molar-refractivity contribution in [2.75, 3.05) is 5.32 Å². The van der Waals surface area contributed by atoms with E-state index >= 15 is 0 Å². The van der Waals surface area contributed by atoms with Gasteiger partial charge in [0.2, 0.25) is 5.82 Å². The summed E-state index contributed by atoms with van der Waals surface area (Å²) in [6.45, 7) is 4.15. The third kappa shape index (κ3) is 2.88. The molecule has 5 nitrogen and oxygen atoms in total. The zero-order valence-corrected chi connectivity index (χ0v) is 10.8. The van der Waals surface area contributed by atoms with Crippen LogP contribution >= 0.6 is 0 Å². The molecule has 98 valence electrons. The molecule has 1 aromatic heterocycles. The van der Waals surface area contributed by atoms with Gasteiger partial charge in [0.15, 0.2) is 0 Å². The van der Waals surface area contributed by atoms with Crippen LogP contribution in [0.25, 0.3) is 0 Å². The number of anilines is 2. The van der Waals surface area contributed by atoms with Crippen LogP contribution in [0.4, 0.5) is 17.2 Å². The quantitative estimate of drug-likeness (QED) is 0.667. The van der Waals surface area contributed by atoms with Gasteiger partial charge in [-0.3, -0.25) is 10.1 Å². The van der Waals surface area contributed by atoms with Gasteiger partial charge in [0.05, 0.1) is 4.92 Å². The van der Waals surface area contributed by atoms with Gasteiger partial charge in [-0.05, 0) is 23.6 Å². The number of hydrogen-bond acceptors (Lipinski definition) is 4. The molecular weight excluding hydrogens is 242 g/mol. The van der Waals surface area contributed by atoms with E-state index in [-0.39, 0.29) is 11.5 Å². The first-order chi connectivity index (χ1) is 9.09. The second kappa shape index (κ2) is 5.48. The third-order valence-electron chi connectivity index (χ3n) is 2.82. The molecule has 2 rings (SSSR count). The van der Waals surface area contributed by atoms with E-state index in [1.165, 1.54) is 12.3 Å². The van der Waals surface area contributed by atoms with Crippen molar-refractivity contribution in [1.29, 1.82) is 0 Å². The predicted molar refractivity (Wildman–Crippen MR) is 74.7 cm³/mol. The lowest BCUT2D eigenvalue weighted by molar-refractivity contribution is -0.384. The molecule has 0 unspecified atom stereocenters. The smallest absolute Gasteiger partial charge is 0.311 e. The Labute approximate surface area is 111 Å². The molecule has 0 bridgehead atoms. The topological polar surface area (TPSA) is 68.1 Å². The Bertz CT molecular complexity index is 597. The average molecular weight is 257 g/mol. The van der Waals surface area contributed by atoms with Crippen molar-refractivity contribution in [2.24, 2.45) is 0 Å². The van der Waals surface area contributed by atoms with Crippen LogP contribution < -0.4 is 5.32 Å². The maximum Gasteiger partial charge on any atom is 0.311 e. The predicted octanol–water partition coefficient (Wildman–Crippen LogP) is 3.86. The van der Waals surface area contributed by atoms with Gasteiger partial charge in [-0.2, -0.15) is 0 Å². The van der Waals surface area contributed by atoms with Crippen LogP contribution in [0.15, 0.2) is 42.6 Å². The summed E-state index contributed by atoms with van der Waals surface area (Å²) < 4.78 is 0. The molecule has 0 amide bonds. The second-order valence-corrected chi connectivity index (χ2v) is 4.50. The first-order valence-corrected chi connectivity index (χ1v) is 6.05. The summed E-state index contributed by atoms with van der Waals surface area (Å²) in [5.41, 5.74) is 1.92. The molecule has 2 aromatic rings. The number of para-hydroxylation sites is 1. The van der Waals surface area contributed by atoms with Gasteiger partial charge >= 0.3 is 5.69 Å². The van der Waals surface area contributed by atoms with Crippen molar-refractivity contribution in [2.45, 2.75) is 19.8 Å². The molecule has 0 atom stereocenters. The minimum atomic E-state index is -0.437. The molecule has 0 aliphatic rings. The van der Waals surface area contributed by atoms with Crippen LogP contribution in [0.1, 0.15) is 25.3 Å². The Balaban J connectivity index is 2.39. The summed E-state index contributed by atoms with van der Waals surface area (Å²) in [5, 5.41) is 14.0. The zero-order valence-electron chi connectivity index (χ0n) is 10.8. The van der Waals surface area contributed by atoms with Crippen LogP contribution in [0.5, 0.6) is 0 Å². The fourth-order valence-corrected chi connectivity index (χ4v) is 1.88. The van der Waals surface area contributed by atoms with Crippen LogP contribution in [0, 0.1) is 10.1 Å². The van der Waals surface area contributed by atoms with E-state index in [1.54, 1.807) is 6.07 Å². The lowest BCUT2D eigenvalue weighted by Gasteiger charge is -2.13. The highest BCUT2D eigenvalue weighted by Crippen LogP contribution is 2.29. The monoisotopic (exact) mass is 257 g/mol. The Hall–Kier alpha value is -2.43. The summed E-state index contributed by atoms with van der Waals surface area (Å²) >= 11 is 0. The summed E-state index contributed by atoms with van der Waals surface area (Å²) in [4.78, 5) is 14.6. The number of benzene rings is 1.